The van der Waals surface area contributed by atoms with Crippen LogP contribution >= 0.6 is 35.0 Å². The van der Waals surface area contributed by atoms with Crippen molar-refractivity contribution in [1.82, 2.24) is 19.8 Å². The van der Waals surface area contributed by atoms with Gasteiger partial charge in [0.2, 0.25) is 5.91 Å². The number of amides is 2. The highest BCUT2D eigenvalue weighted by Crippen LogP contribution is 2.21. The van der Waals surface area contributed by atoms with Gasteiger partial charge < -0.3 is 9.80 Å². The van der Waals surface area contributed by atoms with Crippen molar-refractivity contribution in [1.29, 1.82) is 0 Å². The zero-order valence-corrected chi connectivity index (χ0v) is 17.9. The largest absolute Gasteiger partial charge is 0.338 e. The first kappa shape index (κ1) is 20.9. The quantitative estimate of drug-likeness (QED) is 0.539. The Balaban J connectivity index is 1.53. The number of thioether (sulfide) groups is 1. The normalized spacial score (nSPS) is 14.3. The summed E-state index contributed by atoms with van der Waals surface area (Å²) in [6, 6.07) is 6.70. The highest BCUT2D eigenvalue weighted by molar-refractivity contribution is 7.99. The molecule has 0 unspecified atom stereocenters. The van der Waals surface area contributed by atoms with Crippen molar-refractivity contribution in [2.75, 3.05) is 31.9 Å². The second-order valence-electron chi connectivity index (χ2n) is 6.55. The van der Waals surface area contributed by atoms with E-state index in [1.807, 2.05) is 19.9 Å². The third kappa shape index (κ3) is 5.37. The summed E-state index contributed by atoms with van der Waals surface area (Å²) in [6.45, 7) is 5.74. The molecule has 2 amide bonds. The van der Waals surface area contributed by atoms with Crippen molar-refractivity contribution in [3.8, 4) is 0 Å². The molecule has 1 aromatic heterocycles. The number of piperazine rings is 1. The molecule has 6 nitrogen and oxygen atoms in total. The Hall–Kier alpha value is -1.83. The van der Waals surface area contributed by atoms with Crippen LogP contribution in [-0.2, 0) is 4.79 Å². The van der Waals surface area contributed by atoms with E-state index in [1.165, 1.54) is 11.8 Å². The third-order valence-corrected chi connectivity index (χ3v) is 5.58. The maximum absolute atomic E-state index is 12.6. The van der Waals surface area contributed by atoms with Crippen molar-refractivity contribution in [2.45, 2.75) is 19.0 Å². The summed E-state index contributed by atoms with van der Waals surface area (Å²) >= 11 is 13.3. The van der Waals surface area contributed by atoms with Crippen LogP contribution in [0.25, 0.3) is 0 Å². The summed E-state index contributed by atoms with van der Waals surface area (Å²) in [5.74, 6) is 0.168. The Labute approximate surface area is 178 Å². The molecule has 0 bridgehead atoms. The van der Waals surface area contributed by atoms with Crippen molar-refractivity contribution in [2.24, 2.45) is 0 Å². The zero-order chi connectivity index (χ0) is 20.3. The lowest BCUT2D eigenvalue weighted by atomic mass is 10.2. The minimum absolute atomic E-state index is 0.0191. The molecule has 1 saturated heterocycles. The summed E-state index contributed by atoms with van der Waals surface area (Å²) in [5.41, 5.74) is 2.23. The van der Waals surface area contributed by atoms with Gasteiger partial charge in [-0.15, -0.1) is 0 Å². The first-order chi connectivity index (χ1) is 13.3. The first-order valence-corrected chi connectivity index (χ1v) is 10.5. The van der Waals surface area contributed by atoms with Gasteiger partial charge in [0.25, 0.3) is 5.91 Å². The van der Waals surface area contributed by atoms with Gasteiger partial charge in [0.1, 0.15) is 0 Å². The molecule has 0 aliphatic carbocycles. The number of hydrogen-bond donors (Lipinski definition) is 0. The highest BCUT2D eigenvalue weighted by atomic mass is 35.5. The van der Waals surface area contributed by atoms with Gasteiger partial charge in [-0.05, 0) is 38.1 Å². The van der Waals surface area contributed by atoms with E-state index < -0.39 is 0 Å². The number of rotatable bonds is 4. The van der Waals surface area contributed by atoms with Crippen molar-refractivity contribution < 1.29 is 9.59 Å². The van der Waals surface area contributed by atoms with Gasteiger partial charge >= 0.3 is 0 Å². The SMILES string of the molecule is Cc1cc(C)nc(SCC(=O)N2CCN(C(=O)c3cc(Cl)cc(Cl)c3)CC2)n1. The topological polar surface area (TPSA) is 66.4 Å². The standard InChI is InChI=1S/C19H20Cl2N4O2S/c1-12-7-13(2)23-19(22-12)28-11-17(26)24-3-5-25(6-4-24)18(27)14-8-15(20)10-16(21)9-14/h7-10H,3-6,11H2,1-2H3. The fraction of sp³-hybridized carbons (Fsp3) is 0.368. The molecule has 148 valence electrons. The molecule has 2 heterocycles. The Kier molecular flexibility index (Phi) is 6.80. The monoisotopic (exact) mass is 438 g/mol. The number of hydrogen-bond acceptors (Lipinski definition) is 5. The third-order valence-electron chi connectivity index (χ3n) is 4.32. The molecule has 0 spiro atoms. The average Bonchev–Trinajstić information content (AvgIpc) is 2.64. The van der Waals surface area contributed by atoms with Crippen molar-refractivity contribution in [3.63, 3.8) is 0 Å². The van der Waals surface area contributed by atoms with E-state index in [4.69, 9.17) is 23.2 Å². The van der Waals surface area contributed by atoms with Crippen LogP contribution in [0, 0.1) is 13.8 Å². The Morgan fingerprint density at radius 1 is 0.929 bits per heavy atom. The van der Waals surface area contributed by atoms with Gasteiger partial charge in [-0.1, -0.05) is 35.0 Å². The van der Waals surface area contributed by atoms with Crippen LogP contribution in [0.4, 0.5) is 0 Å². The molecule has 1 aliphatic heterocycles. The fourth-order valence-corrected chi connectivity index (χ4v) is 4.37. The highest BCUT2D eigenvalue weighted by Gasteiger charge is 2.25. The molecule has 0 atom stereocenters. The molecule has 0 N–H and O–H groups in total. The smallest absolute Gasteiger partial charge is 0.254 e. The van der Waals surface area contributed by atoms with E-state index in [1.54, 1.807) is 28.0 Å². The van der Waals surface area contributed by atoms with Gasteiger partial charge in [-0.25, -0.2) is 9.97 Å². The van der Waals surface area contributed by atoms with Crippen LogP contribution in [-0.4, -0.2) is 63.5 Å². The van der Waals surface area contributed by atoms with Crippen LogP contribution in [0.1, 0.15) is 21.7 Å². The summed E-state index contributed by atoms with van der Waals surface area (Å²) in [7, 11) is 0. The van der Waals surface area contributed by atoms with Crippen LogP contribution in [0.3, 0.4) is 0 Å². The summed E-state index contributed by atoms with van der Waals surface area (Å²) in [6.07, 6.45) is 0. The van der Waals surface area contributed by atoms with E-state index in [2.05, 4.69) is 9.97 Å². The molecule has 9 heteroatoms. The number of aromatic nitrogens is 2. The average molecular weight is 439 g/mol. The summed E-state index contributed by atoms with van der Waals surface area (Å²) in [4.78, 5) is 37.3. The lowest BCUT2D eigenvalue weighted by Crippen LogP contribution is -2.51. The van der Waals surface area contributed by atoms with Crippen LogP contribution in [0.2, 0.25) is 10.0 Å². The lowest BCUT2D eigenvalue weighted by molar-refractivity contribution is -0.129. The van der Waals surface area contributed by atoms with E-state index >= 15 is 0 Å². The van der Waals surface area contributed by atoms with Crippen LogP contribution in [0.5, 0.6) is 0 Å². The molecule has 28 heavy (non-hydrogen) atoms. The predicted octanol–water partition coefficient (Wildman–Crippen LogP) is 3.48. The van der Waals surface area contributed by atoms with Crippen LogP contribution < -0.4 is 0 Å². The minimum Gasteiger partial charge on any atom is -0.338 e. The van der Waals surface area contributed by atoms with Gasteiger partial charge in [-0.3, -0.25) is 9.59 Å². The molecular weight excluding hydrogens is 419 g/mol. The fourth-order valence-electron chi connectivity index (χ4n) is 2.99. The van der Waals surface area contributed by atoms with Gasteiger partial charge in [0.05, 0.1) is 5.75 Å². The van der Waals surface area contributed by atoms with Gasteiger partial charge in [0.15, 0.2) is 5.16 Å². The number of aryl methyl sites for hydroxylation is 2. The molecule has 0 radical (unpaired) electrons. The number of benzene rings is 1. The maximum atomic E-state index is 12.6. The first-order valence-electron chi connectivity index (χ1n) is 8.80. The van der Waals surface area contributed by atoms with E-state index in [9.17, 15) is 9.59 Å². The van der Waals surface area contributed by atoms with Crippen molar-refractivity contribution in [3.05, 3.63) is 51.3 Å². The van der Waals surface area contributed by atoms with E-state index in [0.29, 0.717) is 46.9 Å². The molecule has 0 saturated carbocycles. The minimum atomic E-state index is -0.130. The Morgan fingerprint density at radius 2 is 1.46 bits per heavy atom. The number of nitrogens with zero attached hydrogens (tertiary/aromatic N) is 4. The van der Waals surface area contributed by atoms with Crippen LogP contribution in [0.15, 0.2) is 29.4 Å². The molecule has 3 rings (SSSR count). The van der Waals surface area contributed by atoms with Crippen molar-refractivity contribution >= 4 is 46.8 Å². The molecular formula is C19H20Cl2N4O2S. The predicted molar refractivity (Wildman–Crippen MR) is 111 cm³/mol. The maximum Gasteiger partial charge on any atom is 0.254 e. The summed E-state index contributed by atoms with van der Waals surface area (Å²) in [5, 5.41) is 1.46. The molecule has 1 aliphatic rings. The number of carbonyl (C=O) groups excluding carboxylic acids is 2. The second-order valence-corrected chi connectivity index (χ2v) is 8.37. The number of halogens is 2. The van der Waals surface area contributed by atoms with E-state index in [-0.39, 0.29) is 17.6 Å². The molecule has 1 aromatic carbocycles. The number of carbonyl (C=O) groups is 2. The lowest BCUT2D eigenvalue weighted by Gasteiger charge is -2.34. The molecule has 2 aromatic rings. The Bertz CT molecular complexity index is 861. The van der Waals surface area contributed by atoms with Gasteiger partial charge in [0, 0.05) is 53.2 Å². The zero-order valence-electron chi connectivity index (χ0n) is 15.6. The second kappa shape index (κ2) is 9.11. The molecule has 1 fully saturated rings. The Morgan fingerprint density at radius 3 is 2.04 bits per heavy atom. The summed E-state index contributed by atoms with van der Waals surface area (Å²) < 4.78 is 0. The van der Waals surface area contributed by atoms with E-state index in [0.717, 1.165) is 11.4 Å². The van der Waals surface area contributed by atoms with Gasteiger partial charge in [-0.2, -0.15) is 0 Å².